The van der Waals surface area contributed by atoms with Crippen LogP contribution in [0.4, 0.5) is 0 Å². The Kier molecular flexibility index (Phi) is 5.21. The predicted molar refractivity (Wildman–Crippen MR) is 109 cm³/mol. The van der Waals surface area contributed by atoms with E-state index in [1.165, 1.54) is 16.2 Å². The number of rotatable bonds is 4. The lowest BCUT2D eigenvalue weighted by atomic mass is 9.89. The van der Waals surface area contributed by atoms with Gasteiger partial charge in [0.25, 0.3) is 5.56 Å². The summed E-state index contributed by atoms with van der Waals surface area (Å²) in [6, 6.07) is 6.28. The van der Waals surface area contributed by atoms with Crippen molar-refractivity contribution in [3.05, 3.63) is 55.6 Å². The number of hydrogen-bond acceptors (Lipinski definition) is 6. The maximum atomic E-state index is 13.1. The molecule has 2 unspecified atom stereocenters. The van der Waals surface area contributed by atoms with E-state index in [0.717, 1.165) is 29.5 Å². The summed E-state index contributed by atoms with van der Waals surface area (Å²) >= 11 is 7.63. The first-order valence-corrected chi connectivity index (χ1v) is 10.4. The Morgan fingerprint density at radius 2 is 2.21 bits per heavy atom. The molecule has 8 heteroatoms. The van der Waals surface area contributed by atoms with Gasteiger partial charge in [-0.1, -0.05) is 41.9 Å². The lowest BCUT2D eigenvalue weighted by Crippen LogP contribution is -2.32. The summed E-state index contributed by atoms with van der Waals surface area (Å²) in [6.45, 7) is 3.85. The van der Waals surface area contributed by atoms with Crippen LogP contribution in [0.3, 0.4) is 0 Å². The van der Waals surface area contributed by atoms with Crippen molar-refractivity contribution in [1.29, 1.82) is 0 Å². The van der Waals surface area contributed by atoms with Crippen LogP contribution < -0.4 is 5.56 Å². The summed E-state index contributed by atoms with van der Waals surface area (Å²) < 4.78 is 6.48. The molecule has 0 amide bonds. The van der Waals surface area contributed by atoms with E-state index in [-0.39, 0.29) is 12.2 Å². The van der Waals surface area contributed by atoms with E-state index >= 15 is 0 Å². The van der Waals surface area contributed by atoms with Crippen LogP contribution in [-0.2, 0) is 29.0 Å². The van der Waals surface area contributed by atoms with Gasteiger partial charge in [0.1, 0.15) is 6.61 Å². The van der Waals surface area contributed by atoms with Crippen molar-refractivity contribution < 1.29 is 9.53 Å². The van der Waals surface area contributed by atoms with Gasteiger partial charge in [0.2, 0.25) is 0 Å². The van der Waals surface area contributed by atoms with E-state index in [1.807, 2.05) is 12.1 Å². The molecule has 0 radical (unpaired) electrons. The smallest absolute Gasteiger partial charge is 0.331 e. The highest BCUT2D eigenvalue weighted by Crippen LogP contribution is 2.35. The minimum atomic E-state index is -0.870. The molecule has 1 aromatic carbocycles. The molecule has 0 aliphatic heterocycles. The second kappa shape index (κ2) is 7.64. The van der Waals surface area contributed by atoms with Crippen LogP contribution in [-0.4, -0.2) is 21.0 Å². The van der Waals surface area contributed by atoms with Gasteiger partial charge in [-0.25, -0.2) is 4.79 Å². The van der Waals surface area contributed by atoms with Crippen molar-refractivity contribution >= 4 is 39.1 Å². The van der Waals surface area contributed by atoms with Gasteiger partial charge < -0.3 is 4.74 Å². The van der Waals surface area contributed by atoms with Crippen molar-refractivity contribution in [2.75, 3.05) is 0 Å². The van der Waals surface area contributed by atoms with Gasteiger partial charge in [-0.3, -0.25) is 4.79 Å². The maximum absolute atomic E-state index is 13.1. The van der Waals surface area contributed by atoms with Crippen molar-refractivity contribution in [2.45, 2.75) is 45.8 Å². The number of ether oxygens (including phenoxy) is 1. The number of halogens is 1. The predicted octanol–water partition coefficient (Wildman–Crippen LogP) is 3.94. The number of fused-ring (bicyclic) bond motifs is 3. The summed E-state index contributed by atoms with van der Waals surface area (Å²) in [4.78, 5) is 27.4. The maximum Gasteiger partial charge on any atom is 0.331 e. The highest BCUT2D eigenvalue weighted by molar-refractivity contribution is 7.18. The second-order valence-electron chi connectivity index (χ2n) is 7.25. The van der Waals surface area contributed by atoms with Gasteiger partial charge >= 0.3 is 5.97 Å². The summed E-state index contributed by atoms with van der Waals surface area (Å²) in [5.41, 5.74) is 1.50. The average Bonchev–Trinajstić information content (AvgIpc) is 3.05. The molecule has 6 nitrogen and oxygen atoms in total. The molecule has 1 aliphatic carbocycles. The number of esters is 1. The quantitative estimate of drug-likeness (QED) is 0.601. The van der Waals surface area contributed by atoms with E-state index in [1.54, 1.807) is 19.1 Å². The molecule has 2 heterocycles. The number of carbonyl (C=O) groups excluding carboxylic acids is 1. The minimum Gasteiger partial charge on any atom is -0.459 e. The minimum absolute atomic E-state index is 0.0407. The number of benzene rings is 1. The molecule has 0 bridgehead atoms. The van der Waals surface area contributed by atoms with Crippen LogP contribution in [0, 0.1) is 5.92 Å². The molecular weight excluding hydrogens is 398 g/mol. The first-order valence-electron chi connectivity index (χ1n) is 9.25. The second-order valence-corrected chi connectivity index (χ2v) is 8.74. The summed E-state index contributed by atoms with van der Waals surface area (Å²) in [5.74, 6) is 0.0582. The molecule has 1 aliphatic rings. The normalized spacial score (nSPS) is 17.3. The monoisotopic (exact) mass is 417 g/mol. The fraction of sp³-hybridized carbons (Fsp3) is 0.400. The molecule has 3 aromatic rings. The molecule has 0 N–H and O–H groups in total. The molecule has 146 valence electrons. The van der Waals surface area contributed by atoms with Crippen LogP contribution in [0.1, 0.15) is 42.3 Å². The number of aromatic nitrogens is 3. The SMILES string of the molecule is CC1CCc2c(sc3nnn(C(C)C(=O)OCc4ccccc4Cl)c(=O)c23)C1. The van der Waals surface area contributed by atoms with E-state index in [0.29, 0.717) is 26.7 Å². The standard InChI is InChI=1S/C20H20ClN3O3S/c1-11-7-8-14-16(9-11)28-18-17(14)19(25)24(23-22-18)12(2)20(26)27-10-13-5-3-4-6-15(13)21/h3-6,11-12H,7-10H2,1-2H3. The number of thiophene rings is 1. The van der Waals surface area contributed by atoms with Crippen LogP contribution in [0.15, 0.2) is 29.1 Å². The summed E-state index contributed by atoms with van der Waals surface area (Å²) in [6.07, 6.45) is 2.88. The Hall–Kier alpha value is -2.25. The molecule has 0 fully saturated rings. The van der Waals surface area contributed by atoms with Crippen LogP contribution in [0.2, 0.25) is 5.02 Å². The van der Waals surface area contributed by atoms with Gasteiger partial charge in [-0.15, -0.1) is 16.4 Å². The third-order valence-electron chi connectivity index (χ3n) is 5.18. The molecular formula is C20H20ClN3O3S. The van der Waals surface area contributed by atoms with Gasteiger partial charge in [0.05, 0.1) is 5.39 Å². The van der Waals surface area contributed by atoms with Crippen LogP contribution in [0.5, 0.6) is 0 Å². The van der Waals surface area contributed by atoms with Crippen molar-refractivity contribution in [2.24, 2.45) is 5.92 Å². The van der Waals surface area contributed by atoms with Crippen molar-refractivity contribution in [1.82, 2.24) is 15.0 Å². The Balaban J connectivity index is 1.60. The number of aryl methyl sites for hydroxylation is 1. The zero-order chi connectivity index (χ0) is 19.8. The molecule has 28 heavy (non-hydrogen) atoms. The van der Waals surface area contributed by atoms with Gasteiger partial charge in [0.15, 0.2) is 10.9 Å². The first-order chi connectivity index (χ1) is 13.5. The molecule has 4 rings (SSSR count). The van der Waals surface area contributed by atoms with Crippen LogP contribution in [0.25, 0.3) is 10.2 Å². The lowest BCUT2D eigenvalue weighted by molar-refractivity contribution is -0.148. The first kappa shape index (κ1) is 19.1. The number of nitrogens with zero attached hydrogens (tertiary/aromatic N) is 3. The highest BCUT2D eigenvalue weighted by atomic mass is 35.5. The summed E-state index contributed by atoms with van der Waals surface area (Å²) in [5, 5.41) is 9.34. The Morgan fingerprint density at radius 3 is 3.00 bits per heavy atom. The van der Waals surface area contributed by atoms with Gasteiger partial charge in [0, 0.05) is 15.5 Å². The third-order valence-corrected chi connectivity index (χ3v) is 6.69. The summed E-state index contributed by atoms with van der Waals surface area (Å²) in [7, 11) is 0. The Bertz CT molecular complexity index is 1110. The lowest BCUT2D eigenvalue weighted by Gasteiger charge is -2.17. The average molecular weight is 418 g/mol. The van der Waals surface area contributed by atoms with Crippen molar-refractivity contribution in [3.63, 3.8) is 0 Å². The molecule has 0 saturated carbocycles. The third kappa shape index (κ3) is 3.44. The van der Waals surface area contributed by atoms with Gasteiger partial charge in [-0.2, -0.15) is 4.68 Å². The Morgan fingerprint density at radius 1 is 1.43 bits per heavy atom. The Labute approximate surface area is 171 Å². The van der Waals surface area contributed by atoms with E-state index < -0.39 is 12.0 Å². The largest absolute Gasteiger partial charge is 0.459 e. The molecule has 2 atom stereocenters. The topological polar surface area (TPSA) is 74.1 Å². The fourth-order valence-corrected chi connectivity index (χ4v) is 5.02. The van der Waals surface area contributed by atoms with E-state index in [9.17, 15) is 9.59 Å². The van der Waals surface area contributed by atoms with Crippen molar-refractivity contribution in [3.8, 4) is 0 Å². The fourth-order valence-electron chi connectivity index (χ4n) is 3.51. The highest BCUT2D eigenvalue weighted by Gasteiger charge is 2.26. The number of carbonyl (C=O) groups is 1. The number of hydrogen-bond donors (Lipinski definition) is 0. The van der Waals surface area contributed by atoms with E-state index in [2.05, 4.69) is 17.2 Å². The molecule has 2 aromatic heterocycles. The van der Waals surface area contributed by atoms with E-state index in [4.69, 9.17) is 16.3 Å². The van der Waals surface area contributed by atoms with Gasteiger partial charge in [-0.05, 0) is 43.7 Å². The zero-order valence-corrected chi connectivity index (χ0v) is 17.2. The molecule has 0 saturated heterocycles. The van der Waals surface area contributed by atoms with Crippen LogP contribution >= 0.6 is 22.9 Å². The zero-order valence-electron chi connectivity index (χ0n) is 15.6. The molecule has 0 spiro atoms.